The molecule has 4 heteroatoms. The van der Waals surface area contributed by atoms with Crippen LogP contribution in [0.1, 0.15) is 18.3 Å². The van der Waals surface area contributed by atoms with Gasteiger partial charge in [-0.25, -0.2) is 4.98 Å². The molecule has 21 heavy (non-hydrogen) atoms. The number of rotatable bonds is 3. The van der Waals surface area contributed by atoms with E-state index in [1.54, 1.807) is 0 Å². The summed E-state index contributed by atoms with van der Waals surface area (Å²) in [7, 11) is 2.02. The fourth-order valence-corrected chi connectivity index (χ4v) is 2.30. The maximum absolute atomic E-state index is 4.70. The van der Waals surface area contributed by atoms with Crippen molar-refractivity contribution < 1.29 is 0 Å². The van der Waals surface area contributed by atoms with Crippen molar-refractivity contribution in [1.82, 2.24) is 19.7 Å². The summed E-state index contributed by atoms with van der Waals surface area (Å²) in [6, 6.07) is 12.4. The molecule has 0 amide bonds. The van der Waals surface area contributed by atoms with Gasteiger partial charge in [-0.3, -0.25) is 0 Å². The Morgan fingerprint density at radius 3 is 2.38 bits per heavy atom. The quantitative estimate of drug-likeness (QED) is 0.737. The Bertz CT molecular complexity index is 757. The lowest BCUT2D eigenvalue weighted by Crippen LogP contribution is -2.04. The highest BCUT2D eigenvalue weighted by Crippen LogP contribution is 2.28. The Hall–Kier alpha value is -2.49. The van der Waals surface area contributed by atoms with Gasteiger partial charge in [0, 0.05) is 25.2 Å². The Morgan fingerprint density at radius 2 is 1.76 bits per heavy atom. The first kappa shape index (κ1) is 13.5. The van der Waals surface area contributed by atoms with Crippen LogP contribution in [0.15, 0.2) is 42.6 Å². The summed E-state index contributed by atoms with van der Waals surface area (Å²) < 4.78 is 2.06. The minimum atomic E-state index is 0.766. The van der Waals surface area contributed by atoms with Crippen molar-refractivity contribution in [3.8, 4) is 22.6 Å². The minimum Gasteiger partial charge on any atom is -0.349 e. The number of nitrogens with zero attached hydrogens (tertiary/aromatic N) is 4. The molecule has 1 aromatic carbocycles. The standard InChI is InChI=1S/C17H18N4/c1-4-15-18-17(14-6-5-11-21(14)3)16(20-19-15)13-9-7-12(2)8-10-13/h5-11H,4H2,1-3H3. The van der Waals surface area contributed by atoms with Crippen molar-refractivity contribution in [3.05, 3.63) is 54.0 Å². The number of benzene rings is 1. The van der Waals surface area contributed by atoms with Crippen molar-refractivity contribution in [2.75, 3.05) is 0 Å². The molecule has 0 spiro atoms. The molecular weight excluding hydrogens is 260 g/mol. The summed E-state index contributed by atoms with van der Waals surface area (Å²) in [5.74, 6) is 0.766. The van der Waals surface area contributed by atoms with Gasteiger partial charge in [0.2, 0.25) is 0 Å². The van der Waals surface area contributed by atoms with Crippen molar-refractivity contribution in [3.63, 3.8) is 0 Å². The van der Waals surface area contributed by atoms with Gasteiger partial charge in [-0.15, -0.1) is 10.2 Å². The second-order valence-electron chi connectivity index (χ2n) is 5.15. The van der Waals surface area contributed by atoms with E-state index in [0.29, 0.717) is 0 Å². The van der Waals surface area contributed by atoms with Gasteiger partial charge in [0.05, 0.1) is 5.69 Å². The molecule has 0 fully saturated rings. The molecule has 0 aliphatic rings. The average Bonchev–Trinajstić information content (AvgIpc) is 2.93. The molecule has 4 nitrogen and oxygen atoms in total. The molecule has 0 unspecified atom stereocenters. The SMILES string of the molecule is CCc1nnc(-c2ccc(C)cc2)c(-c2cccn2C)n1. The lowest BCUT2D eigenvalue weighted by Gasteiger charge is -2.10. The topological polar surface area (TPSA) is 43.6 Å². The molecule has 0 bridgehead atoms. The van der Waals surface area contributed by atoms with E-state index in [2.05, 4.69) is 52.0 Å². The van der Waals surface area contributed by atoms with Crippen molar-refractivity contribution >= 4 is 0 Å². The molecule has 2 aromatic heterocycles. The summed E-state index contributed by atoms with van der Waals surface area (Å²) in [6.07, 6.45) is 2.79. The van der Waals surface area contributed by atoms with Gasteiger partial charge in [-0.2, -0.15) is 0 Å². The van der Waals surface area contributed by atoms with E-state index >= 15 is 0 Å². The predicted molar refractivity (Wildman–Crippen MR) is 83.8 cm³/mol. The molecule has 0 atom stereocenters. The molecule has 2 heterocycles. The number of hydrogen-bond acceptors (Lipinski definition) is 3. The number of aromatic nitrogens is 4. The van der Waals surface area contributed by atoms with Crippen LogP contribution in [-0.4, -0.2) is 19.7 Å². The molecule has 0 radical (unpaired) electrons. The van der Waals surface area contributed by atoms with E-state index in [1.165, 1.54) is 5.56 Å². The summed E-state index contributed by atoms with van der Waals surface area (Å²) in [4.78, 5) is 4.70. The number of hydrogen-bond donors (Lipinski definition) is 0. The van der Waals surface area contributed by atoms with Crippen LogP contribution in [0.3, 0.4) is 0 Å². The molecule has 3 rings (SSSR count). The van der Waals surface area contributed by atoms with E-state index in [4.69, 9.17) is 4.98 Å². The zero-order chi connectivity index (χ0) is 14.8. The monoisotopic (exact) mass is 278 g/mol. The Kier molecular flexibility index (Phi) is 3.52. The Balaban J connectivity index is 2.20. The van der Waals surface area contributed by atoms with Gasteiger partial charge in [-0.1, -0.05) is 36.8 Å². The summed E-state index contributed by atoms with van der Waals surface area (Å²) in [5.41, 5.74) is 5.03. The Morgan fingerprint density at radius 1 is 1.00 bits per heavy atom. The van der Waals surface area contributed by atoms with Gasteiger partial charge in [-0.05, 0) is 19.1 Å². The molecule has 0 aliphatic heterocycles. The molecule has 0 aliphatic carbocycles. The molecule has 0 saturated heterocycles. The Labute approximate surface area is 124 Å². The highest BCUT2D eigenvalue weighted by molar-refractivity contribution is 5.76. The maximum atomic E-state index is 4.70. The van der Waals surface area contributed by atoms with Crippen LogP contribution >= 0.6 is 0 Å². The normalized spacial score (nSPS) is 10.8. The molecule has 0 saturated carbocycles. The summed E-state index contributed by atoms with van der Waals surface area (Å²) in [5, 5.41) is 8.65. The molecule has 3 aromatic rings. The van der Waals surface area contributed by atoms with Crippen LogP contribution in [0, 0.1) is 6.92 Å². The van der Waals surface area contributed by atoms with E-state index in [1.807, 2.05) is 26.2 Å². The van der Waals surface area contributed by atoms with Crippen molar-refractivity contribution in [2.24, 2.45) is 7.05 Å². The van der Waals surface area contributed by atoms with Crippen molar-refractivity contribution in [2.45, 2.75) is 20.3 Å². The first-order chi connectivity index (χ1) is 10.2. The molecule has 106 valence electrons. The fourth-order valence-electron chi connectivity index (χ4n) is 2.30. The van der Waals surface area contributed by atoms with Gasteiger partial charge in [0.15, 0.2) is 5.82 Å². The van der Waals surface area contributed by atoms with Crippen LogP contribution in [0.2, 0.25) is 0 Å². The highest BCUT2D eigenvalue weighted by Gasteiger charge is 2.14. The van der Waals surface area contributed by atoms with Gasteiger partial charge in [0.1, 0.15) is 11.4 Å². The largest absolute Gasteiger partial charge is 0.349 e. The third-order valence-electron chi connectivity index (χ3n) is 3.56. The first-order valence-corrected chi connectivity index (χ1v) is 7.11. The smallest absolute Gasteiger partial charge is 0.151 e. The van der Waals surface area contributed by atoms with Crippen LogP contribution in [0.5, 0.6) is 0 Å². The van der Waals surface area contributed by atoms with Crippen LogP contribution in [0.25, 0.3) is 22.6 Å². The van der Waals surface area contributed by atoms with Crippen LogP contribution < -0.4 is 0 Å². The lowest BCUT2D eigenvalue weighted by atomic mass is 10.1. The van der Waals surface area contributed by atoms with E-state index in [-0.39, 0.29) is 0 Å². The van der Waals surface area contributed by atoms with Gasteiger partial charge >= 0.3 is 0 Å². The van der Waals surface area contributed by atoms with Gasteiger partial charge < -0.3 is 4.57 Å². The highest BCUT2D eigenvalue weighted by atomic mass is 15.2. The number of aryl methyl sites for hydroxylation is 3. The lowest BCUT2D eigenvalue weighted by molar-refractivity contribution is 0.845. The zero-order valence-corrected chi connectivity index (χ0v) is 12.5. The fraction of sp³-hybridized carbons (Fsp3) is 0.235. The third-order valence-corrected chi connectivity index (χ3v) is 3.56. The predicted octanol–water partition coefficient (Wildman–Crippen LogP) is 3.41. The van der Waals surface area contributed by atoms with Gasteiger partial charge in [0.25, 0.3) is 0 Å². The van der Waals surface area contributed by atoms with E-state index < -0.39 is 0 Å². The van der Waals surface area contributed by atoms with E-state index in [9.17, 15) is 0 Å². The zero-order valence-electron chi connectivity index (χ0n) is 12.5. The average molecular weight is 278 g/mol. The minimum absolute atomic E-state index is 0.766. The second-order valence-corrected chi connectivity index (χ2v) is 5.15. The summed E-state index contributed by atoms with van der Waals surface area (Å²) in [6.45, 7) is 4.11. The first-order valence-electron chi connectivity index (χ1n) is 7.11. The van der Waals surface area contributed by atoms with Crippen LogP contribution in [-0.2, 0) is 13.5 Å². The van der Waals surface area contributed by atoms with Crippen molar-refractivity contribution in [1.29, 1.82) is 0 Å². The third kappa shape index (κ3) is 2.57. The molecular formula is C17H18N4. The maximum Gasteiger partial charge on any atom is 0.151 e. The molecule has 0 N–H and O–H groups in total. The van der Waals surface area contributed by atoms with E-state index in [0.717, 1.165) is 34.9 Å². The summed E-state index contributed by atoms with van der Waals surface area (Å²) >= 11 is 0. The second kappa shape index (κ2) is 5.48. The van der Waals surface area contributed by atoms with Crippen LogP contribution in [0.4, 0.5) is 0 Å².